The van der Waals surface area contributed by atoms with E-state index in [9.17, 15) is 0 Å². The Morgan fingerprint density at radius 2 is 1.58 bits per heavy atom. The lowest BCUT2D eigenvalue weighted by atomic mass is 10.1. The van der Waals surface area contributed by atoms with E-state index in [1.54, 1.807) is 0 Å². The molecule has 0 unspecified atom stereocenters. The molecule has 0 aliphatic heterocycles. The molecule has 0 saturated carbocycles. The molecule has 0 aliphatic carbocycles. The Balaban J connectivity index is 2.86. The van der Waals surface area contributed by atoms with E-state index in [0.29, 0.717) is 6.61 Å². The second kappa shape index (κ2) is 10.7. The smallest absolute Gasteiger partial charge is 0.0431 e. The number of rotatable bonds is 8. The van der Waals surface area contributed by atoms with E-state index in [-0.39, 0.29) is 0 Å². The minimum absolute atomic E-state index is 0.357. The third-order valence-electron chi connectivity index (χ3n) is 1.93. The number of allylic oxidation sites excluding steroid dienone is 2. The molecule has 0 aromatic rings. The van der Waals surface area contributed by atoms with E-state index in [4.69, 9.17) is 5.11 Å². The average Bonchev–Trinajstić information content (AvgIpc) is 2.10. The SMILES string of the molecule is CC/C=C\CCCCCCCO. The topological polar surface area (TPSA) is 20.2 Å². The monoisotopic (exact) mass is 170 g/mol. The number of aliphatic hydroxyl groups is 1. The van der Waals surface area contributed by atoms with Crippen LogP contribution in [0.3, 0.4) is 0 Å². The van der Waals surface area contributed by atoms with Crippen molar-refractivity contribution >= 4 is 0 Å². The van der Waals surface area contributed by atoms with Crippen LogP contribution >= 0.6 is 0 Å². The molecule has 1 N–H and O–H groups in total. The van der Waals surface area contributed by atoms with Crippen LogP contribution < -0.4 is 0 Å². The summed E-state index contributed by atoms with van der Waals surface area (Å²) >= 11 is 0. The zero-order valence-corrected chi connectivity index (χ0v) is 8.26. The first-order valence-electron chi connectivity index (χ1n) is 5.17. The Morgan fingerprint density at radius 1 is 0.917 bits per heavy atom. The molecule has 0 rings (SSSR count). The summed E-state index contributed by atoms with van der Waals surface area (Å²) in [6.07, 6.45) is 13.0. The highest BCUT2D eigenvalue weighted by Gasteiger charge is 1.87. The van der Waals surface area contributed by atoms with E-state index in [1.807, 2.05) is 0 Å². The number of aliphatic hydroxyl groups excluding tert-OH is 1. The van der Waals surface area contributed by atoms with E-state index < -0.39 is 0 Å². The lowest BCUT2D eigenvalue weighted by Gasteiger charge is -1.96. The van der Waals surface area contributed by atoms with E-state index >= 15 is 0 Å². The Kier molecular flexibility index (Phi) is 10.4. The molecule has 12 heavy (non-hydrogen) atoms. The van der Waals surface area contributed by atoms with Gasteiger partial charge in [0.2, 0.25) is 0 Å². The van der Waals surface area contributed by atoms with Crippen LogP contribution in [-0.2, 0) is 0 Å². The number of unbranched alkanes of at least 4 members (excludes halogenated alkanes) is 5. The zero-order chi connectivity index (χ0) is 9.07. The summed E-state index contributed by atoms with van der Waals surface area (Å²) in [6, 6.07) is 0. The van der Waals surface area contributed by atoms with E-state index in [1.165, 1.54) is 32.1 Å². The maximum atomic E-state index is 8.53. The third kappa shape index (κ3) is 9.70. The van der Waals surface area contributed by atoms with Crippen LogP contribution in [0.25, 0.3) is 0 Å². The highest BCUT2D eigenvalue weighted by atomic mass is 16.2. The highest BCUT2D eigenvalue weighted by Crippen LogP contribution is 2.05. The molecule has 0 radical (unpaired) electrons. The van der Waals surface area contributed by atoms with E-state index in [0.717, 1.165) is 12.8 Å². The van der Waals surface area contributed by atoms with Gasteiger partial charge in [0.15, 0.2) is 0 Å². The number of hydrogen-bond donors (Lipinski definition) is 1. The Labute approximate surface area is 76.5 Å². The van der Waals surface area contributed by atoms with E-state index in [2.05, 4.69) is 19.1 Å². The van der Waals surface area contributed by atoms with Crippen LogP contribution in [0.2, 0.25) is 0 Å². The van der Waals surface area contributed by atoms with Crippen LogP contribution in [0, 0.1) is 0 Å². The summed E-state index contributed by atoms with van der Waals surface area (Å²) in [5.41, 5.74) is 0. The van der Waals surface area contributed by atoms with Gasteiger partial charge in [-0.05, 0) is 25.7 Å². The van der Waals surface area contributed by atoms with Crippen LogP contribution in [0.5, 0.6) is 0 Å². The van der Waals surface area contributed by atoms with Crippen molar-refractivity contribution < 1.29 is 5.11 Å². The largest absolute Gasteiger partial charge is 0.396 e. The Bertz CT molecular complexity index is 97.2. The maximum absolute atomic E-state index is 8.53. The van der Waals surface area contributed by atoms with Crippen molar-refractivity contribution in [1.29, 1.82) is 0 Å². The summed E-state index contributed by atoms with van der Waals surface area (Å²) in [4.78, 5) is 0. The zero-order valence-electron chi connectivity index (χ0n) is 8.26. The van der Waals surface area contributed by atoms with Crippen molar-refractivity contribution in [1.82, 2.24) is 0 Å². The minimum atomic E-state index is 0.357. The second-order valence-corrected chi connectivity index (χ2v) is 3.16. The second-order valence-electron chi connectivity index (χ2n) is 3.16. The number of hydrogen-bond acceptors (Lipinski definition) is 1. The van der Waals surface area contributed by atoms with Gasteiger partial charge in [0.25, 0.3) is 0 Å². The summed E-state index contributed by atoms with van der Waals surface area (Å²) in [7, 11) is 0. The van der Waals surface area contributed by atoms with Gasteiger partial charge in [0.1, 0.15) is 0 Å². The van der Waals surface area contributed by atoms with Crippen molar-refractivity contribution in [3.8, 4) is 0 Å². The minimum Gasteiger partial charge on any atom is -0.396 e. The van der Waals surface area contributed by atoms with Crippen LogP contribution in [-0.4, -0.2) is 11.7 Å². The molecule has 0 aromatic carbocycles. The summed E-state index contributed by atoms with van der Waals surface area (Å²) in [5, 5.41) is 8.53. The van der Waals surface area contributed by atoms with Gasteiger partial charge in [-0.1, -0.05) is 38.3 Å². The van der Waals surface area contributed by atoms with Crippen molar-refractivity contribution in [3.05, 3.63) is 12.2 Å². The van der Waals surface area contributed by atoms with Gasteiger partial charge in [-0.3, -0.25) is 0 Å². The molecule has 0 spiro atoms. The summed E-state index contributed by atoms with van der Waals surface area (Å²) < 4.78 is 0. The van der Waals surface area contributed by atoms with Gasteiger partial charge in [-0.25, -0.2) is 0 Å². The molecule has 0 fully saturated rings. The third-order valence-corrected chi connectivity index (χ3v) is 1.93. The van der Waals surface area contributed by atoms with Crippen molar-refractivity contribution in [2.24, 2.45) is 0 Å². The average molecular weight is 170 g/mol. The first kappa shape index (κ1) is 11.7. The van der Waals surface area contributed by atoms with Crippen LogP contribution in [0.1, 0.15) is 51.9 Å². The van der Waals surface area contributed by atoms with Gasteiger partial charge in [0.05, 0.1) is 0 Å². The molecule has 1 nitrogen and oxygen atoms in total. The van der Waals surface area contributed by atoms with Gasteiger partial charge < -0.3 is 5.11 Å². The molecule has 0 saturated heterocycles. The fraction of sp³-hybridized carbons (Fsp3) is 0.818. The summed E-state index contributed by atoms with van der Waals surface area (Å²) in [5.74, 6) is 0. The molecule has 0 aromatic heterocycles. The van der Waals surface area contributed by atoms with Crippen molar-refractivity contribution in [3.63, 3.8) is 0 Å². The molecule has 0 aliphatic rings. The van der Waals surface area contributed by atoms with Gasteiger partial charge in [-0.15, -0.1) is 0 Å². The molecular weight excluding hydrogens is 148 g/mol. The lowest BCUT2D eigenvalue weighted by molar-refractivity contribution is 0.282. The van der Waals surface area contributed by atoms with Gasteiger partial charge >= 0.3 is 0 Å². The Hall–Kier alpha value is -0.300. The maximum Gasteiger partial charge on any atom is 0.0431 e. The normalized spacial score (nSPS) is 11.2. The molecule has 0 bridgehead atoms. The molecule has 1 heteroatoms. The molecule has 72 valence electrons. The quantitative estimate of drug-likeness (QED) is 0.438. The van der Waals surface area contributed by atoms with Crippen molar-refractivity contribution in [2.45, 2.75) is 51.9 Å². The molecule has 0 amide bonds. The molecular formula is C11H22O. The van der Waals surface area contributed by atoms with Crippen LogP contribution in [0.15, 0.2) is 12.2 Å². The summed E-state index contributed by atoms with van der Waals surface area (Å²) in [6.45, 7) is 2.52. The van der Waals surface area contributed by atoms with Gasteiger partial charge in [-0.2, -0.15) is 0 Å². The first-order chi connectivity index (χ1) is 5.91. The Morgan fingerprint density at radius 3 is 2.25 bits per heavy atom. The lowest BCUT2D eigenvalue weighted by Crippen LogP contribution is -1.82. The predicted molar refractivity (Wildman–Crippen MR) is 54.2 cm³/mol. The fourth-order valence-electron chi connectivity index (χ4n) is 1.19. The van der Waals surface area contributed by atoms with Crippen molar-refractivity contribution in [2.75, 3.05) is 6.61 Å². The predicted octanol–water partition coefficient (Wildman–Crippen LogP) is 3.29. The highest BCUT2D eigenvalue weighted by molar-refractivity contribution is 4.79. The molecule has 0 heterocycles. The van der Waals surface area contributed by atoms with Gasteiger partial charge in [0, 0.05) is 6.61 Å². The first-order valence-corrected chi connectivity index (χ1v) is 5.17. The standard InChI is InChI=1S/C11H22O/c1-2-3-4-5-6-7-8-9-10-11-12/h3-4,12H,2,5-11H2,1H3/b4-3-. The fourth-order valence-corrected chi connectivity index (χ4v) is 1.19. The van der Waals surface area contributed by atoms with Crippen LogP contribution in [0.4, 0.5) is 0 Å². The molecule has 0 atom stereocenters.